The van der Waals surface area contributed by atoms with Gasteiger partial charge < -0.3 is 0 Å². The van der Waals surface area contributed by atoms with Gasteiger partial charge in [-0.15, -0.1) is 0 Å². The Balaban J connectivity index is 1.63. The molecule has 0 radical (unpaired) electrons. The van der Waals surface area contributed by atoms with E-state index in [1.54, 1.807) is 36.4 Å². The Hall–Kier alpha value is -3.96. The fourth-order valence-electron chi connectivity index (χ4n) is 3.81. The molecule has 1 aliphatic heterocycles. The summed E-state index contributed by atoms with van der Waals surface area (Å²) in [6.45, 7) is 13.2. The highest BCUT2D eigenvalue weighted by atomic mass is 32.2. The third kappa shape index (κ3) is 4.30. The van der Waals surface area contributed by atoms with Crippen LogP contribution in [0.2, 0.25) is 0 Å². The van der Waals surface area contributed by atoms with Crippen LogP contribution in [0.3, 0.4) is 0 Å². The minimum Gasteiger partial charge on any atom is -0.279 e. The molecule has 34 heavy (non-hydrogen) atoms. The second-order valence-corrected chi connectivity index (χ2v) is 10.8. The first-order chi connectivity index (χ1) is 16.0. The fraction of sp³-hybridized carbons (Fsp3) is 0.192. The van der Waals surface area contributed by atoms with Crippen LogP contribution < -0.4 is 4.72 Å². The zero-order chi connectivity index (χ0) is 24.7. The normalized spacial score (nSPS) is 13.5. The van der Waals surface area contributed by atoms with E-state index in [0.717, 1.165) is 10.5 Å². The number of nitrogens with zero attached hydrogens (tertiary/aromatic N) is 2. The number of rotatable bonds is 5. The van der Waals surface area contributed by atoms with Crippen molar-refractivity contribution >= 4 is 33.2 Å². The van der Waals surface area contributed by atoms with Crippen LogP contribution in [0.15, 0.2) is 71.6 Å². The molecule has 3 aromatic carbocycles. The van der Waals surface area contributed by atoms with Gasteiger partial charge in [0.25, 0.3) is 21.8 Å². The maximum Gasteiger partial charge on any atom is 0.264 e. The summed E-state index contributed by atoms with van der Waals surface area (Å²) >= 11 is 0. The van der Waals surface area contributed by atoms with Gasteiger partial charge in [0, 0.05) is 0 Å². The van der Waals surface area contributed by atoms with Gasteiger partial charge in [0.05, 0.1) is 34.8 Å². The predicted octanol–water partition coefficient (Wildman–Crippen LogP) is 5.13. The van der Waals surface area contributed by atoms with Crippen LogP contribution in [0, 0.1) is 6.57 Å². The van der Waals surface area contributed by atoms with E-state index in [2.05, 4.69) is 9.57 Å². The predicted molar refractivity (Wildman–Crippen MR) is 129 cm³/mol. The van der Waals surface area contributed by atoms with Crippen molar-refractivity contribution in [3.8, 4) is 0 Å². The summed E-state index contributed by atoms with van der Waals surface area (Å²) in [4.78, 5) is 30.6. The monoisotopic (exact) mass is 473 g/mol. The maximum absolute atomic E-state index is 13.2. The molecule has 7 nitrogen and oxygen atoms in total. The highest BCUT2D eigenvalue weighted by Crippen LogP contribution is 2.32. The number of benzene rings is 3. The molecular weight excluding hydrogens is 450 g/mol. The van der Waals surface area contributed by atoms with E-state index in [-0.39, 0.29) is 33.7 Å². The first kappa shape index (κ1) is 23.2. The van der Waals surface area contributed by atoms with Crippen LogP contribution in [0.5, 0.6) is 0 Å². The number of carbonyl (C=O) groups is 2. The van der Waals surface area contributed by atoms with Crippen molar-refractivity contribution < 1.29 is 18.0 Å². The zero-order valence-electron chi connectivity index (χ0n) is 19.0. The van der Waals surface area contributed by atoms with Crippen LogP contribution in [-0.4, -0.2) is 25.1 Å². The molecule has 0 aliphatic carbocycles. The van der Waals surface area contributed by atoms with Gasteiger partial charge in [-0.05, 0) is 40.8 Å². The van der Waals surface area contributed by atoms with Gasteiger partial charge in [-0.1, -0.05) is 63.2 Å². The Morgan fingerprint density at radius 1 is 0.941 bits per heavy atom. The van der Waals surface area contributed by atoms with E-state index in [0.29, 0.717) is 11.3 Å². The number of amides is 2. The number of imide groups is 1. The number of hydrogen-bond donors (Lipinski definition) is 1. The molecule has 0 fully saturated rings. The van der Waals surface area contributed by atoms with Crippen molar-refractivity contribution in [3.05, 3.63) is 100 Å². The Kier molecular flexibility index (Phi) is 5.75. The lowest BCUT2D eigenvalue weighted by atomic mass is 9.87. The summed E-state index contributed by atoms with van der Waals surface area (Å²) < 4.78 is 28.6. The molecule has 0 saturated carbocycles. The van der Waals surface area contributed by atoms with Crippen molar-refractivity contribution in [1.29, 1.82) is 0 Å². The average Bonchev–Trinajstić information content (AvgIpc) is 3.04. The summed E-state index contributed by atoms with van der Waals surface area (Å²) in [7, 11) is -3.99. The lowest BCUT2D eigenvalue weighted by molar-refractivity contribution is 0.0642. The molecule has 0 spiro atoms. The minimum atomic E-state index is -3.99. The van der Waals surface area contributed by atoms with Gasteiger partial charge >= 0.3 is 0 Å². The molecule has 2 amide bonds. The van der Waals surface area contributed by atoms with Crippen molar-refractivity contribution in [2.75, 3.05) is 4.72 Å². The van der Waals surface area contributed by atoms with Crippen molar-refractivity contribution in [3.63, 3.8) is 0 Å². The number of sulfonamides is 1. The molecule has 1 heterocycles. The van der Waals surface area contributed by atoms with Gasteiger partial charge in [-0.25, -0.2) is 13.3 Å². The number of nitrogens with one attached hydrogen (secondary N) is 1. The van der Waals surface area contributed by atoms with Gasteiger partial charge in [-0.3, -0.25) is 19.2 Å². The Morgan fingerprint density at radius 3 is 2.26 bits per heavy atom. The molecule has 1 N–H and O–H groups in total. The molecule has 4 rings (SSSR count). The zero-order valence-corrected chi connectivity index (χ0v) is 19.8. The Morgan fingerprint density at radius 2 is 1.62 bits per heavy atom. The summed E-state index contributed by atoms with van der Waals surface area (Å²) in [5.41, 5.74) is 2.10. The summed E-state index contributed by atoms with van der Waals surface area (Å²) in [5, 5.41) is 0. The van der Waals surface area contributed by atoms with E-state index < -0.39 is 21.8 Å². The second kappa shape index (κ2) is 8.43. The number of carbonyl (C=O) groups excluding carboxylic acids is 2. The van der Waals surface area contributed by atoms with Crippen molar-refractivity contribution in [2.45, 2.75) is 37.6 Å². The maximum atomic E-state index is 13.2. The highest BCUT2D eigenvalue weighted by Gasteiger charge is 2.38. The SMILES string of the molecule is [C-]#[N+]c1cccc(CN2C(=O)c3cccc(NS(=O)(=O)c4ccc(C(C)(C)C)cc4)c3C2=O)c1. The van der Waals surface area contributed by atoms with Gasteiger partial charge in [0.15, 0.2) is 5.69 Å². The van der Waals surface area contributed by atoms with Crippen LogP contribution in [-0.2, 0) is 22.0 Å². The third-order valence-corrected chi connectivity index (χ3v) is 7.04. The first-order valence-corrected chi connectivity index (χ1v) is 12.1. The van der Waals surface area contributed by atoms with Crippen molar-refractivity contribution in [1.82, 2.24) is 4.90 Å². The molecule has 0 unspecified atom stereocenters. The average molecular weight is 474 g/mol. The summed E-state index contributed by atoms with van der Waals surface area (Å²) in [5.74, 6) is -1.10. The first-order valence-electron chi connectivity index (χ1n) is 10.6. The lowest BCUT2D eigenvalue weighted by Gasteiger charge is -2.19. The molecule has 1 aliphatic rings. The number of anilines is 1. The Bertz CT molecular complexity index is 1450. The van der Waals surface area contributed by atoms with Gasteiger partial charge in [-0.2, -0.15) is 0 Å². The topological polar surface area (TPSA) is 87.9 Å². The van der Waals surface area contributed by atoms with Gasteiger partial charge in [0.2, 0.25) is 0 Å². The highest BCUT2D eigenvalue weighted by molar-refractivity contribution is 7.92. The minimum absolute atomic E-state index is 0.0173. The van der Waals surface area contributed by atoms with E-state index in [1.807, 2.05) is 20.8 Å². The fourth-order valence-corrected chi connectivity index (χ4v) is 4.88. The summed E-state index contributed by atoms with van der Waals surface area (Å²) in [6.07, 6.45) is 0. The summed E-state index contributed by atoms with van der Waals surface area (Å²) in [6, 6.07) is 17.7. The molecule has 0 atom stereocenters. The standard InChI is InChI=1S/C26H23N3O4S/c1-26(2,3)18-11-13-20(14-12-18)34(32,33)28-22-10-6-9-21-23(22)25(31)29(24(21)30)16-17-7-5-8-19(15-17)27-4/h5-15,28H,16H2,1-3H3. The second-order valence-electron chi connectivity index (χ2n) is 9.09. The Labute approximate surface area is 198 Å². The van der Waals surface area contributed by atoms with Crippen LogP contribution >= 0.6 is 0 Å². The largest absolute Gasteiger partial charge is 0.279 e. The quantitative estimate of drug-likeness (QED) is 0.411. The van der Waals surface area contributed by atoms with E-state index in [9.17, 15) is 18.0 Å². The van der Waals surface area contributed by atoms with Crippen molar-refractivity contribution in [2.24, 2.45) is 0 Å². The van der Waals surface area contributed by atoms with Crippen LogP contribution in [0.1, 0.15) is 52.6 Å². The third-order valence-electron chi connectivity index (χ3n) is 5.65. The number of fused-ring (bicyclic) bond motifs is 1. The molecule has 8 heteroatoms. The van der Waals surface area contributed by atoms with E-state index in [4.69, 9.17) is 6.57 Å². The molecule has 0 bridgehead atoms. The van der Waals surface area contributed by atoms with E-state index >= 15 is 0 Å². The molecule has 3 aromatic rings. The van der Waals surface area contributed by atoms with Crippen LogP contribution in [0.4, 0.5) is 11.4 Å². The molecule has 0 aromatic heterocycles. The van der Waals surface area contributed by atoms with Gasteiger partial charge in [0.1, 0.15) is 0 Å². The smallest absolute Gasteiger partial charge is 0.264 e. The van der Waals surface area contributed by atoms with E-state index in [1.165, 1.54) is 30.3 Å². The van der Waals surface area contributed by atoms with Crippen LogP contribution in [0.25, 0.3) is 4.85 Å². The lowest BCUT2D eigenvalue weighted by Crippen LogP contribution is -2.29. The number of hydrogen-bond acceptors (Lipinski definition) is 4. The molecule has 0 saturated heterocycles. The molecular formula is C26H23N3O4S. The molecule has 172 valence electrons.